The zero-order valence-electron chi connectivity index (χ0n) is 8.98. The van der Waals surface area contributed by atoms with Gasteiger partial charge in [-0.1, -0.05) is 0 Å². The number of carbonyl (C=O) groups is 1. The van der Waals surface area contributed by atoms with Crippen molar-refractivity contribution in [3.63, 3.8) is 0 Å². The Labute approximate surface area is 115 Å². The number of nitrogens with zero attached hydrogens (tertiary/aromatic N) is 1. The lowest BCUT2D eigenvalue weighted by molar-refractivity contribution is -0.136. The molecule has 0 aliphatic rings. The molecule has 2 aromatic rings. The maximum absolute atomic E-state index is 13.0. The van der Waals surface area contributed by atoms with E-state index in [4.69, 9.17) is 5.11 Å². The third-order valence-electron chi connectivity index (χ3n) is 2.05. The van der Waals surface area contributed by atoms with Crippen molar-refractivity contribution in [3.05, 3.63) is 39.6 Å². The van der Waals surface area contributed by atoms with Crippen LogP contribution in [0.15, 0.2) is 28.1 Å². The second kappa shape index (κ2) is 5.45. The van der Waals surface area contributed by atoms with E-state index in [1.807, 2.05) is 0 Å². The maximum atomic E-state index is 13.0. The molecular weight excluding hydrogens is 323 g/mol. The van der Waals surface area contributed by atoms with Crippen LogP contribution in [0.1, 0.15) is 5.69 Å². The van der Waals surface area contributed by atoms with Gasteiger partial charge in [0.05, 0.1) is 16.6 Å². The molecule has 1 aromatic carbocycles. The van der Waals surface area contributed by atoms with Crippen LogP contribution in [-0.2, 0) is 11.2 Å². The number of carboxylic acid groups (broad SMARTS) is 1. The Hall–Kier alpha value is -1.47. The number of halogens is 2. The van der Waals surface area contributed by atoms with Crippen molar-refractivity contribution in [1.29, 1.82) is 0 Å². The van der Waals surface area contributed by atoms with Crippen molar-refractivity contribution in [3.8, 4) is 0 Å². The lowest BCUT2D eigenvalue weighted by Gasteiger charge is -2.03. The van der Waals surface area contributed by atoms with E-state index < -0.39 is 5.97 Å². The standard InChI is InChI=1S/C11H8BrFN2O2S/c12-8-3-6(1-2-9(8)13)14-11-15-7(5-18-11)4-10(16)17/h1-3,5H,4H2,(H,14,15)(H,16,17). The Bertz CT molecular complexity index is 588. The van der Waals surface area contributed by atoms with Crippen LogP contribution in [0.5, 0.6) is 0 Å². The second-order valence-electron chi connectivity index (χ2n) is 3.47. The molecule has 0 radical (unpaired) electrons. The molecule has 0 bridgehead atoms. The second-order valence-corrected chi connectivity index (χ2v) is 5.18. The molecule has 0 saturated carbocycles. The lowest BCUT2D eigenvalue weighted by atomic mass is 10.3. The number of aromatic nitrogens is 1. The third kappa shape index (κ3) is 3.27. The highest BCUT2D eigenvalue weighted by Crippen LogP contribution is 2.25. The van der Waals surface area contributed by atoms with Gasteiger partial charge in [-0.25, -0.2) is 9.37 Å². The number of nitrogens with one attached hydrogen (secondary N) is 1. The summed E-state index contributed by atoms with van der Waals surface area (Å²) in [5.74, 6) is -1.26. The van der Waals surface area contributed by atoms with Gasteiger partial charge in [-0.15, -0.1) is 11.3 Å². The summed E-state index contributed by atoms with van der Waals surface area (Å²) in [5.41, 5.74) is 1.18. The Balaban J connectivity index is 2.11. The predicted octanol–water partition coefficient (Wildman–Crippen LogP) is 3.42. The van der Waals surface area contributed by atoms with E-state index in [1.54, 1.807) is 17.5 Å². The number of aliphatic carboxylic acids is 1. The van der Waals surface area contributed by atoms with E-state index in [0.717, 1.165) is 0 Å². The minimum Gasteiger partial charge on any atom is -0.481 e. The molecular formula is C11H8BrFN2O2S. The number of hydrogen-bond acceptors (Lipinski definition) is 4. The Morgan fingerprint density at radius 3 is 3.00 bits per heavy atom. The van der Waals surface area contributed by atoms with Gasteiger partial charge in [0.1, 0.15) is 5.82 Å². The first-order valence-electron chi connectivity index (χ1n) is 4.93. The van der Waals surface area contributed by atoms with Crippen LogP contribution in [0.2, 0.25) is 0 Å². The summed E-state index contributed by atoms with van der Waals surface area (Å²) in [6.45, 7) is 0. The van der Waals surface area contributed by atoms with Crippen LogP contribution in [0.25, 0.3) is 0 Å². The topological polar surface area (TPSA) is 62.2 Å². The molecule has 7 heteroatoms. The smallest absolute Gasteiger partial charge is 0.309 e. The fourth-order valence-corrected chi connectivity index (χ4v) is 2.41. The highest BCUT2D eigenvalue weighted by molar-refractivity contribution is 9.10. The first-order chi connectivity index (χ1) is 8.54. The first kappa shape index (κ1) is 13.0. The van der Waals surface area contributed by atoms with Crippen molar-refractivity contribution >= 4 is 44.1 Å². The van der Waals surface area contributed by atoms with E-state index in [9.17, 15) is 9.18 Å². The molecule has 0 fully saturated rings. The zero-order chi connectivity index (χ0) is 13.1. The monoisotopic (exact) mass is 330 g/mol. The Morgan fingerprint density at radius 2 is 2.33 bits per heavy atom. The first-order valence-corrected chi connectivity index (χ1v) is 6.60. The molecule has 94 valence electrons. The minimum absolute atomic E-state index is 0.106. The van der Waals surface area contributed by atoms with Gasteiger partial charge in [0.15, 0.2) is 5.13 Å². The third-order valence-corrected chi connectivity index (χ3v) is 3.47. The van der Waals surface area contributed by atoms with Crippen LogP contribution in [0, 0.1) is 5.82 Å². The van der Waals surface area contributed by atoms with Crippen molar-refractivity contribution in [2.75, 3.05) is 5.32 Å². The van der Waals surface area contributed by atoms with E-state index >= 15 is 0 Å². The fourth-order valence-electron chi connectivity index (χ4n) is 1.30. The minimum atomic E-state index is -0.920. The average molecular weight is 331 g/mol. The van der Waals surface area contributed by atoms with Gasteiger partial charge in [0.25, 0.3) is 0 Å². The molecule has 0 unspecified atom stereocenters. The van der Waals surface area contributed by atoms with E-state index in [0.29, 0.717) is 21.0 Å². The van der Waals surface area contributed by atoms with E-state index in [-0.39, 0.29) is 12.2 Å². The molecule has 1 aromatic heterocycles. The van der Waals surface area contributed by atoms with Crippen LogP contribution >= 0.6 is 27.3 Å². The summed E-state index contributed by atoms with van der Waals surface area (Å²) < 4.78 is 13.4. The molecule has 1 heterocycles. The number of anilines is 2. The van der Waals surface area contributed by atoms with Gasteiger partial charge in [0, 0.05) is 11.1 Å². The summed E-state index contributed by atoms with van der Waals surface area (Å²) in [5, 5.41) is 13.9. The van der Waals surface area contributed by atoms with Gasteiger partial charge in [0.2, 0.25) is 0 Å². The van der Waals surface area contributed by atoms with Gasteiger partial charge < -0.3 is 10.4 Å². The summed E-state index contributed by atoms with van der Waals surface area (Å²) in [7, 11) is 0. The summed E-state index contributed by atoms with van der Waals surface area (Å²) >= 11 is 4.39. The number of carboxylic acids is 1. The largest absolute Gasteiger partial charge is 0.481 e. The molecule has 0 spiro atoms. The lowest BCUT2D eigenvalue weighted by Crippen LogP contribution is -2.00. The molecule has 0 aliphatic heterocycles. The van der Waals surface area contributed by atoms with Gasteiger partial charge in [-0.3, -0.25) is 4.79 Å². The highest BCUT2D eigenvalue weighted by Gasteiger charge is 2.07. The number of thiazole rings is 1. The van der Waals surface area contributed by atoms with Crippen molar-refractivity contribution in [2.24, 2.45) is 0 Å². The predicted molar refractivity (Wildman–Crippen MR) is 70.8 cm³/mol. The van der Waals surface area contributed by atoms with E-state index in [1.165, 1.54) is 17.4 Å². The normalized spacial score (nSPS) is 10.3. The zero-order valence-corrected chi connectivity index (χ0v) is 11.4. The van der Waals surface area contributed by atoms with Gasteiger partial charge in [-0.2, -0.15) is 0 Å². The van der Waals surface area contributed by atoms with Crippen LogP contribution in [0.3, 0.4) is 0 Å². The summed E-state index contributed by atoms with van der Waals surface area (Å²) in [6.07, 6.45) is -0.106. The van der Waals surface area contributed by atoms with Gasteiger partial charge >= 0.3 is 5.97 Å². The fraction of sp³-hybridized carbons (Fsp3) is 0.0909. The van der Waals surface area contributed by atoms with Crippen molar-refractivity contribution in [2.45, 2.75) is 6.42 Å². The summed E-state index contributed by atoms with van der Waals surface area (Å²) in [6, 6.07) is 4.50. The number of hydrogen-bond donors (Lipinski definition) is 2. The molecule has 0 amide bonds. The molecule has 2 rings (SSSR count). The molecule has 0 saturated heterocycles. The molecule has 4 nitrogen and oxygen atoms in total. The molecule has 2 N–H and O–H groups in total. The molecule has 0 aliphatic carbocycles. The number of benzene rings is 1. The van der Waals surface area contributed by atoms with E-state index in [2.05, 4.69) is 26.2 Å². The van der Waals surface area contributed by atoms with Gasteiger partial charge in [-0.05, 0) is 34.1 Å². The maximum Gasteiger partial charge on any atom is 0.309 e. The molecule has 0 atom stereocenters. The van der Waals surface area contributed by atoms with Crippen LogP contribution < -0.4 is 5.32 Å². The quantitative estimate of drug-likeness (QED) is 0.901. The SMILES string of the molecule is O=C(O)Cc1csc(Nc2ccc(F)c(Br)c2)n1. The highest BCUT2D eigenvalue weighted by atomic mass is 79.9. The van der Waals surface area contributed by atoms with Crippen LogP contribution in [0.4, 0.5) is 15.2 Å². The Kier molecular flexibility index (Phi) is 3.93. The van der Waals surface area contributed by atoms with Crippen molar-refractivity contribution < 1.29 is 14.3 Å². The van der Waals surface area contributed by atoms with Crippen LogP contribution in [-0.4, -0.2) is 16.1 Å². The number of rotatable bonds is 4. The summed E-state index contributed by atoms with van der Waals surface area (Å²) in [4.78, 5) is 14.6. The molecule has 18 heavy (non-hydrogen) atoms. The van der Waals surface area contributed by atoms with Crippen molar-refractivity contribution in [1.82, 2.24) is 4.98 Å². The Morgan fingerprint density at radius 1 is 1.56 bits per heavy atom. The average Bonchev–Trinajstić information content (AvgIpc) is 2.70.